The maximum Gasteiger partial charge on any atom is 0.261 e. The zero-order valence-electron chi connectivity index (χ0n) is 11.8. The molecule has 20 heavy (non-hydrogen) atoms. The SMILES string of the molecule is Cc1ccc(C(=O)N2CCC(C)(C)C2)cc1S(=O)(=O)Cl. The van der Waals surface area contributed by atoms with E-state index < -0.39 is 9.05 Å². The summed E-state index contributed by atoms with van der Waals surface area (Å²) < 4.78 is 23.0. The average Bonchev–Trinajstić information content (AvgIpc) is 2.68. The highest BCUT2D eigenvalue weighted by Gasteiger charge is 2.32. The number of amides is 1. The standard InChI is InChI=1S/C14H18ClNO3S/c1-10-4-5-11(8-12(10)20(15,18)19)13(17)16-7-6-14(2,3)9-16/h4-5,8H,6-7,9H2,1-3H3. The molecule has 0 N–H and O–H groups in total. The highest BCUT2D eigenvalue weighted by Crippen LogP contribution is 2.30. The van der Waals surface area contributed by atoms with Crippen LogP contribution < -0.4 is 0 Å². The summed E-state index contributed by atoms with van der Waals surface area (Å²) in [5, 5.41) is 0. The van der Waals surface area contributed by atoms with E-state index in [1.54, 1.807) is 24.0 Å². The van der Waals surface area contributed by atoms with Crippen molar-refractivity contribution in [1.82, 2.24) is 4.90 Å². The fourth-order valence-electron chi connectivity index (χ4n) is 2.46. The molecule has 1 aromatic rings. The van der Waals surface area contributed by atoms with E-state index in [0.717, 1.165) is 6.42 Å². The van der Waals surface area contributed by atoms with Crippen LogP contribution in [0, 0.1) is 12.3 Å². The predicted octanol–water partition coefficient (Wildman–Crippen LogP) is 2.79. The molecule has 4 nitrogen and oxygen atoms in total. The van der Waals surface area contributed by atoms with Crippen molar-refractivity contribution in [2.24, 2.45) is 5.41 Å². The number of hydrogen-bond acceptors (Lipinski definition) is 3. The van der Waals surface area contributed by atoms with E-state index in [1.165, 1.54) is 6.07 Å². The molecule has 110 valence electrons. The van der Waals surface area contributed by atoms with Gasteiger partial charge < -0.3 is 4.90 Å². The Labute approximate surface area is 124 Å². The number of benzene rings is 1. The van der Waals surface area contributed by atoms with Gasteiger partial charge in [-0.2, -0.15) is 0 Å². The molecule has 1 fully saturated rings. The van der Waals surface area contributed by atoms with Crippen molar-refractivity contribution >= 4 is 25.6 Å². The van der Waals surface area contributed by atoms with Crippen LogP contribution in [0.25, 0.3) is 0 Å². The second-order valence-electron chi connectivity index (χ2n) is 6.06. The predicted molar refractivity (Wildman–Crippen MR) is 78.5 cm³/mol. The Morgan fingerprint density at radius 3 is 2.50 bits per heavy atom. The molecular weight excluding hydrogens is 298 g/mol. The summed E-state index contributed by atoms with van der Waals surface area (Å²) in [6.45, 7) is 7.27. The molecule has 2 rings (SSSR count). The average molecular weight is 316 g/mol. The largest absolute Gasteiger partial charge is 0.338 e. The van der Waals surface area contributed by atoms with Crippen LogP contribution in [-0.2, 0) is 9.05 Å². The van der Waals surface area contributed by atoms with Crippen molar-refractivity contribution in [3.8, 4) is 0 Å². The molecule has 0 atom stereocenters. The first kappa shape index (κ1) is 15.3. The maximum atomic E-state index is 12.4. The molecule has 1 aliphatic rings. The summed E-state index contributed by atoms with van der Waals surface area (Å²) in [7, 11) is 1.56. The van der Waals surface area contributed by atoms with Crippen LogP contribution in [0.2, 0.25) is 0 Å². The van der Waals surface area contributed by atoms with Gasteiger partial charge in [-0.15, -0.1) is 0 Å². The lowest BCUT2D eigenvalue weighted by atomic mass is 9.93. The Morgan fingerprint density at radius 1 is 1.35 bits per heavy atom. The Hall–Kier alpha value is -1.07. The quantitative estimate of drug-likeness (QED) is 0.789. The Kier molecular flexibility index (Phi) is 3.86. The summed E-state index contributed by atoms with van der Waals surface area (Å²) >= 11 is 0. The van der Waals surface area contributed by atoms with Crippen LogP contribution in [0.1, 0.15) is 36.2 Å². The topological polar surface area (TPSA) is 54.5 Å². The van der Waals surface area contributed by atoms with Crippen LogP contribution in [-0.4, -0.2) is 32.3 Å². The van der Waals surface area contributed by atoms with Crippen molar-refractivity contribution in [3.05, 3.63) is 29.3 Å². The monoisotopic (exact) mass is 315 g/mol. The summed E-state index contributed by atoms with van der Waals surface area (Å²) in [5.74, 6) is -0.142. The van der Waals surface area contributed by atoms with Crippen LogP contribution in [0.3, 0.4) is 0 Å². The molecule has 0 saturated carbocycles. The van der Waals surface area contributed by atoms with E-state index in [1.807, 2.05) is 0 Å². The number of carbonyl (C=O) groups is 1. The van der Waals surface area contributed by atoms with Crippen molar-refractivity contribution in [2.75, 3.05) is 13.1 Å². The lowest BCUT2D eigenvalue weighted by Crippen LogP contribution is -2.30. The van der Waals surface area contributed by atoms with E-state index in [2.05, 4.69) is 13.8 Å². The van der Waals surface area contributed by atoms with Crippen LogP contribution in [0.15, 0.2) is 23.1 Å². The molecule has 1 aromatic carbocycles. The minimum absolute atomic E-state index is 0.00322. The number of aryl methyl sites for hydroxylation is 1. The first-order valence-electron chi connectivity index (χ1n) is 6.45. The molecule has 0 aromatic heterocycles. The van der Waals surface area contributed by atoms with Gasteiger partial charge >= 0.3 is 0 Å². The molecule has 1 aliphatic heterocycles. The Balaban J connectivity index is 2.33. The van der Waals surface area contributed by atoms with Crippen LogP contribution >= 0.6 is 10.7 Å². The van der Waals surface area contributed by atoms with Gasteiger partial charge in [0.15, 0.2) is 0 Å². The fourth-order valence-corrected chi connectivity index (χ4v) is 3.68. The third-order valence-corrected chi connectivity index (χ3v) is 5.13. The van der Waals surface area contributed by atoms with Crippen LogP contribution in [0.5, 0.6) is 0 Å². The molecule has 0 aliphatic carbocycles. The summed E-state index contributed by atoms with van der Waals surface area (Å²) in [5.41, 5.74) is 1.02. The lowest BCUT2D eigenvalue weighted by molar-refractivity contribution is 0.0778. The van der Waals surface area contributed by atoms with Gasteiger partial charge in [0.25, 0.3) is 15.0 Å². The minimum atomic E-state index is -3.83. The van der Waals surface area contributed by atoms with E-state index in [0.29, 0.717) is 24.2 Å². The summed E-state index contributed by atoms with van der Waals surface area (Å²) in [6.07, 6.45) is 0.950. The number of rotatable bonds is 2. The van der Waals surface area contributed by atoms with Crippen molar-refractivity contribution < 1.29 is 13.2 Å². The van der Waals surface area contributed by atoms with Gasteiger partial charge in [-0.05, 0) is 36.5 Å². The molecule has 0 radical (unpaired) electrons. The molecule has 0 spiro atoms. The van der Waals surface area contributed by atoms with Crippen molar-refractivity contribution in [3.63, 3.8) is 0 Å². The number of likely N-dealkylation sites (tertiary alicyclic amines) is 1. The summed E-state index contributed by atoms with van der Waals surface area (Å²) in [6, 6.07) is 4.63. The molecule has 0 unspecified atom stereocenters. The van der Waals surface area contributed by atoms with Gasteiger partial charge in [-0.1, -0.05) is 19.9 Å². The molecule has 1 heterocycles. The van der Waals surface area contributed by atoms with Gasteiger partial charge in [0.1, 0.15) is 0 Å². The number of halogens is 1. The van der Waals surface area contributed by atoms with Gasteiger partial charge in [-0.3, -0.25) is 4.79 Å². The van der Waals surface area contributed by atoms with E-state index in [9.17, 15) is 13.2 Å². The highest BCUT2D eigenvalue weighted by atomic mass is 35.7. The zero-order chi connectivity index (χ0) is 15.1. The van der Waals surface area contributed by atoms with Crippen molar-refractivity contribution in [1.29, 1.82) is 0 Å². The minimum Gasteiger partial charge on any atom is -0.338 e. The second-order valence-corrected chi connectivity index (χ2v) is 8.59. The number of nitrogens with zero attached hydrogens (tertiary/aromatic N) is 1. The number of carbonyl (C=O) groups excluding carboxylic acids is 1. The summed E-state index contributed by atoms with van der Waals surface area (Å²) in [4.78, 5) is 14.2. The van der Waals surface area contributed by atoms with E-state index in [-0.39, 0.29) is 16.2 Å². The molecule has 6 heteroatoms. The van der Waals surface area contributed by atoms with Gasteiger partial charge in [-0.25, -0.2) is 8.42 Å². The third kappa shape index (κ3) is 3.15. The Morgan fingerprint density at radius 2 is 2.00 bits per heavy atom. The van der Waals surface area contributed by atoms with Gasteiger partial charge in [0.05, 0.1) is 4.90 Å². The molecule has 1 amide bonds. The molecule has 1 saturated heterocycles. The normalized spacial score (nSPS) is 18.3. The maximum absolute atomic E-state index is 12.4. The highest BCUT2D eigenvalue weighted by molar-refractivity contribution is 8.13. The van der Waals surface area contributed by atoms with Gasteiger partial charge in [0, 0.05) is 29.3 Å². The lowest BCUT2D eigenvalue weighted by Gasteiger charge is -2.20. The first-order valence-corrected chi connectivity index (χ1v) is 8.76. The van der Waals surface area contributed by atoms with Crippen LogP contribution in [0.4, 0.5) is 0 Å². The van der Waals surface area contributed by atoms with Crippen molar-refractivity contribution in [2.45, 2.75) is 32.1 Å². The van der Waals surface area contributed by atoms with Gasteiger partial charge in [0.2, 0.25) is 0 Å². The first-order chi connectivity index (χ1) is 9.10. The zero-order valence-corrected chi connectivity index (χ0v) is 13.4. The fraction of sp³-hybridized carbons (Fsp3) is 0.500. The molecular formula is C14H18ClNO3S. The van der Waals surface area contributed by atoms with E-state index in [4.69, 9.17) is 10.7 Å². The third-order valence-electron chi connectivity index (χ3n) is 3.66. The Bertz CT molecular complexity index is 652. The smallest absolute Gasteiger partial charge is 0.261 e. The van der Waals surface area contributed by atoms with E-state index >= 15 is 0 Å². The molecule has 0 bridgehead atoms. The number of hydrogen-bond donors (Lipinski definition) is 0. The second kappa shape index (κ2) is 5.04.